The maximum Gasteiger partial charge on any atom is 0.256 e. The summed E-state index contributed by atoms with van der Waals surface area (Å²) in [7, 11) is 0. The molecule has 4 nitrogen and oxygen atoms in total. The first-order valence-electron chi connectivity index (χ1n) is 7.76. The van der Waals surface area contributed by atoms with E-state index in [9.17, 15) is 4.79 Å². The van der Waals surface area contributed by atoms with Gasteiger partial charge in [0.2, 0.25) is 0 Å². The number of aryl methyl sites for hydroxylation is 1. The Bertz CT molecular complexity index is 629. The number of hydrogen-bond acceptors (Lipinski definition) is 4. The highest BCUT2D eigenvalue weighted by Gasteiger charge is 2.07. The number of nitrogens with zero attached hydrogens (tertiary/aromatic N) is 1. The van der Waals surface area contributed by atoms with Crippen LogP contribution in [0.4, 0.5) is 5.82 Å². The van der Waals surface area contributed by atoms with Crippen molar-refractivity contribution in [1.29, 1.82) is 0 Å². The summed E-state index contributed by atoms with van der Waals surface area (Å²) < 4.78 is 0. The number of carbonyl (C=O) groups excluding carboxylic acids is 1. The van der Waals surface area contributed by atoms with E-state index in [4.69, 9.17) is 5.11 Å². The Morgan fingerprint density at radius 3 is 2.70 bits per heavy atom. The Labute approximate surface area is 141 Å². The number of benzene rings is 1. The van der Waals surface area contributed by atoms with Crippen LogP contribution in [-0.2, 0) is 12.2 Å². The molecule has 0 unspecified atom stereocenters. The van der Waals surface area contributed by atoms with Crippen molar-refractivity contribution in [1.82, 2.24) is 4.98 Å². The Kier molecular flexibility index (Phi) is 7.10. The van der Waals surface area contributed by atoms with Gasteiger partial charge in [-0.1, -0.05) is 25.5 Å². The quantitative estimate of drug-likeness (QED) is 0.727. The smallest absolute Gasteiger partial charge is 0.256 e. The second-order valence-electron chi connectivity index (χ2n) is 5.23. The SMILES string of the molecule is CCCc1ccc(C(=O)Nc2cc(CSCCO)ccn2)cc1. The summed E-state index contributed by atoms with van der Waals surface area (Å²) in [6.45, 7) is 2.31. The van der Waals surface area contributed by atoms with Gasteiger partial charge in [-0.3, -0.25) is 4.79 Å². The van der Waals surface area contributed by atoms with E-state index in [-0.39, 0.29) is 12.5 Å². The molecule has 2 N–H and O–H groups in total. The highest BCUT2D eigenvalue weighted by Crippen LogP contribution is 2.15. The van der Waals surface area contributed by atoms with Crippen molar-refractivity contribution in [2.24, 2.45) is 0 Å². The van der Waals surface area contributed by atoms with Gasteiger partial charge in [0.1, 0.15) is 5.82 Å². The fourth-order valence-corrected chi connectivity index (χ4v) is 2.88. The number of thioether (sulfide) groups is 1. The first-order valence-corrected chi connectivity index (χ1v) is 8.92. The molecule has 0 aliphatic rings. The highest BCUT2D eigenvalue weighted by atomic mass is 32.2. The van der Waals surface area contributed by atoms with Crippen molar-refractivity contribution >= 4 is 23.5 Å². The van der Waals surface area contributed by atoms with Gasteiger partial charge < -0.3 is 10.4 Å². The third kappa shape index (κ3) is 5.69. The number of anilines is 1. The normalized spacial score (nSPS) is 10.5. The first kappa shape index (κ1) is 17.5. The van der Waals surface area contributed by atoms with Gasteiger partial charge in [0.25, 0.3) is 5.91 Å². The molecule has 0 fully saturated rings. The van der Waals surface area contributed by atoms with Crippen LogP contribution in [0.2, 0.25) is 0 Å². The molecule has 0 spiro atoms. The van der Waals surface area contributed by atoms with Gasteiger partial charge in [-0.25, -0.2) is 4.98 Å². The van der Waals surface area contributed by atoms with Crippen LogP contribution in [0.15, 0.2) is 42.6 Å². The van der Waals surface area contributed by atoms with E-state index in [0.29, 0.717) is 17.1 Å². The summed E-state index contributed by atoms with van der Waals surface area (Å²) in [5.41, 5.74) is 2.95. The molecule has 122 valence electrons. The van der Waals surface area contributed by atoms with Gasteiger partial charge in [-0.2, -0.15) is 11.8 Å². The molecular weight excluding hydrogens is 308 g/mol. The molecule has 0 saturated heterocycles. The molecule has 0 atom stereocenters. The Morgan fingerprint density at radius 2 is 2.00 bits per heavy atom. The minimum absolute atomic E-state index is 0.152. The van der Waals surface area contributed by atoms with Gasteiger partial charge in [-0.05, 0) is 41.8 Å². The summed E-state index contributed by atoms with van der Waals surface area (Å²) in [6.07, 6.45) is 3.81. The van der Waals surface area contributed by atoms with Crippen molar-refractivity contribution in [2.75, 3.05) is 17.7 Å². The van der Waals surface area contributed by atoms with E-state index in [2.05, 4.69) is 17.2 Å². The summed E-state index contributed by atoms with van der Waals surface area (Å²) in [6, 6.07) is 11.5. The van der Waals surface area contributed by atoms with Crippen LogP contribution in [0.25, 0.3) is 0 Å². The second-order valence-corrected chi connectivity index (χ2v) is 6.33. The molecule has 5 heteroatoms. The number of aromatic nitrogens is 1. The lowest BCUT2D eigenvalue weighted by atomic mass is 10.1. The van der Waals surface area contributed by atoms with Crippen molar-refractivity contribution in [3.05, 3.63) is 59.3 Å². The zero-order valence-electron chi connectivity index (χ0n) is 13.3. The van der Waals surface area contributed by atoms with E-state index < -0.39 is 0 Å². The standard InChI is InChI=1S/C18H22N2O2S/c1-2-3-14-4-6-16(7-5-14)18(22)20-17-12-15(8-9-19-17)13-23-11-10-21/h4-9,12,21H,2-3,10-11,13H2,1H3,(H,19,20,22). The molecule has 0 bridgehead atoms. The topological polar surface area (TPSA) is 62.2 Å². The largest absolute Gasteiger partial charge is 0.396 e. The van der Waals surface area contributed by atoms with E-state index in [1.54, 1.807) is 18.0 Å². The summed E-state index contributed by atoms with van der Waals surface area (Å²) in [4.78, 5) is 16.5. The third-order valence-corrected chi connectivity index (χ3v) is 4.33. The zero-order chi connectivity index (χ0) is 16.5. The summed E-state index contributed by atoms with van der Waals surface area (Å²) >= 11 is 1.65. The van der Waals surface area contributed by atoms with Gasteiger partial charge in [0.15, 0.2) is 0 Å². The zero-order valence-corrected chi connectivity index (χ0v) is 14.1. The van der Waals surface area contributed by atoms with E-state index in [1.807, 2.05) is 36.4 Å². The molecule has 2 rings (SSSR count). The number of pyridine rings is 1. The Balaban J connectivity index is 1.97. The number of aliphatic hydroxyl groups excluding tert-OH is 1. The number of hydrogen-bond donors (Lipinski definition) is 2. The predicted octanol–water partition coefficient (Wildman–Crippen LogP) is 3.51. The van der Waals surface area contributed by atoms with E-state index in [1.165, 1.54) is 5.56 Å². The molecule has 0 aliphatic carbocycles. The lowest BCUT2D eigenvalue weighted by Crippen LogP contribution is -2.13. The van der Waals surface area contributed by atoms with Crippen LogP contribution in [0.1, 0.15) is 34.8 Å². The first-order chi connectivity index (χ1) is 11.2. The molecule has 23 heavy (non-hydrogen) atoms. The molecule has 1 aromatic carbocycles. The monoisotopic (exact) mass is 330 g/mol. The summed E-state index contributed by atoms with van der Waals surface area (Å²) in [5.74, 6) is 1.89. The molecule has 1 heterocycles. The fourth-order valence-electron chi connectivity index (χ4n) is 2.19. The minimum Gasteiger partial charge on any atom is -0.396 e. The number of amides is 1. The van der Waals surface area contributed by atoms with Gasteiger partial charge >= 0.3 is 0 Å². The molecule has 0 saturated carbocycles. The number of rotatable bonds is 8. The van der Waals surface area contributed by atoms with E-state index >= 15 is 0 Å². The highest BCUT2D eigenvalue weighted by molar-refractivity contribution is 7.98. The third-order valence-electron chi connectivity index (χ3n) is 3.33. The maximum atomic E-state index is 12.3. The van der Waals surface area contributed by atoms with Crippen LogP contribution in [-0.4, -0.2) is 28.4 Å². The van der Waals surface area contributed by atoms with Crippen LogP contribution in [0, 0.1) is 0 Å². The summed E-state index contributed by atoms with van der Waals surface area (Å²) in [5, 5.41) is 11.6. The van der Waals surface area contributed by atoms with Gasteiger partial charge in [-0.15, -0.1) is 0 Å². The molecule has 2 aromatic rings. The number of carbonyl (C=O) groups is 1. The molecular formula is C18H22N2O2S. The van der Waals surface area contributed by atoms with Crippen LogP contribution < -0.4 is 5.32 Å². The average molecular weight is 330 g/mol. The molecule has 0 radical (unpaired) electrons. The van der Waals surface area contributed by atoms with Crippen LogP contribution in [0.3, 0.4) is 0 Å². The van der Waals surface area contributed by atoms with Gasteiger partial charge in [0.05, 0.1) is 6.61 Å². The predicted molar refractivity (Wildman–Crippen MR) is 95.9 cm³/mol. The number of nitrogens with one attached hydrogen (secondary N) is 1. The molecule has 0 aliphatic heterocycles. The van der Waals surface area contributed by atoms with Crippen molar-refractivity contribution in [3.8, 4) is 0 Å². The maximum absolute atomic E-state index is 12.3. The van der Waals surface area contributed by atoms with E-state index in [0.717, 1.165) is 24.2 Å². The van der Waals surface area contributed by atoms with Crippen LogP contribution >= 0.6 is 11.8 Å². The lowest BCUT2D eigenvalue weighted by molar-refractivity contribution is 0.102. The second kappa shape index (κ2) is 9.33. The van der Waals surface area contributed by atoms with Crippen molar-refractivity contribution < 1.29 is 9.90 Å². The fraction of sp³-hybridized carbons (Fsp3) is 0.333. The molecule has 1 aromatic heterocycles. The van der Waals surface area contributed by atoms with Gasteiger partial charge in [0, 0.05) is 23.3 Å². The van der Waals surface area contributed by atoms with Crippen LogP contribution in [0.5, 0.6) is 0 Å². The average Bonchev–Trinajstić information content (AvgIpc) is 2.56. The lowest BCUT2D eigenvalue weighted by Gasteiger charge is -2.07. The minimum atomic E-state index is -0.152. The Morgan fingerprint density at radius 1 is 1.22 bits per heavy atom. The number of aliphatic hydroxyl groups is 1. The van der Waals surface area contributed by atoms with Crippen molar-refractivity contribution in [2.45, 2.75) is 25.5 Å². The molecule has 1 amide bonds. The Hall–Kier alpha value is -1.85. The van der Waals surface area contributed by atoms with Crippen molar-refractivity contribution in [3.63, 3.8) is 0 Å².